The number of ether oxygens (including phenoxy) is 2. The molecule has 8 nitrogen and oxygen atoms in total. The summed E-state index contributed by atoms with van der Waals surface area (Å²) in [6, 6.07) is 16.7. The molecule has 0 aliphatic heterocycles. The quantitative estimate of drug-likeness (QED) is 0.449. The Morgan fingerprint density at radius 3 is 2.34 bits per heavy atom. The van der Waals surface area contributed by atoms with Crippen LogP contribution in [0.5, 0.6) is 0 Å². The summed E-state index contributed by atoms with van der Waals surface area (Å²) in [4.78, 5) is 36.3. The standard InChI is InChI=1S/C27H31N3O5/c1-18-24(14-15-25(31)34-4)19(2)30(29-18)23-12-10-22(11-13-23)27(33)35-20(3)26(32)28-17-16-21-8-6-5-7-9-21/h5-13,20H,14-17H2,1-4H3,(H,28,32). The van der Waals surface area contributed by atoms with Crippen LogP contribution in [0.3, 0.4) is 0 Å². The van der Waals surface area contributed by atoms with Gasteiger partial charge in [0.2, 0.25) is 0 Å². The van der Waals surface area contributed by atoms with Gasteiger partial charge in [0.15, 0.2) is 6.10 Å². The zero-order valence-corrected chi connectivity index (χ0v) is 20.5. The number of nitrogens with one attached hydrogen (secondary N) is 1. The van der Waals surface area contributed by atoms with Crippen LogP contribution in [0.15, 0.2) is 54.6 Å². The van der Waals surface area contributed by atoms with Crippen molar-refractivity contribution in [3.05, 3.63) is 82.7 Å². The van der Waals surface area contributed by atoms with E-state index in [4.69, 9.17) is 9.47 Å². The van der Waals surface area contributed by atoms with E-state index in [1.807, 2.05) is 44.2 Å². The first-order valence-corrected chi connectivity index (χ1v) is 11.5. The van der Waals surface area contributed by atoms with Crippen LogP contribution in [0.1, 0.15) is 46.2 Å². The van der Waals surface area contributed by atoms with Crippen LogP contribution in [0.4, 0.5) is 0 Å². The molecule has 3 aromatic rings. The number of hydrogen-bond acceptors (Lipinski definition) is 6. The maximum Gasteiger partial charge on any atom is 0.338 e. The molecule has 1 heterocycles. The first-order chi connectivity index (χ1) is 16.8. The van der Waals surface area contributed by atoms with Crippen LogP contribution in [0.2, 0.25) is 0 Å². The molecule has 0 spiro atoms. The van der Waals surface area contributed by atoms with Gasteiger partial charge in [-0.2, -0.15) is 5.10 Å². The van der Waals surface area contributed by atoms with E-state index in [1.54, 1.807) is 35.9 Å². The number of rotatable bonds is 10. The maximum absolute atomic E-state index is 12.5. The summed E-state index contributed by atoms with van der Waals surface area (Å²) in [5.41, 5.74) is 4.98. The Morgan fingerprint density at radius 2 is 1.69 bits per heavy atom. The zero-order valence-electron chi connectivity index (χ0n) is 20.5. The van der Waals surface area contributed by atoms with Crippen LogP contribution in [-0.2, 0) is 31.9 Å². The number of amides is 1. The highest BCUT2D eigenvalue weighted by Crippen LogP contribution is 2.20. The van der Waals surface area contributed by atoms with Crippen molar-refractivity contribution < 1.29 is 23.9 Å². The Bertz CT molecular complexity index is 1170. The van der Waals surface area contributed by atoms with Crippen molar-refractivity contribution in [3.63, 3.8) is 0 Å². The second kappa shape index (κ2) is 12.0. The summed E-state index contributed by atoms with van der Waals surface area (Å²) in [6.45, 7) is 5.85. The van der Waals surface area contributed by atoms with E-state index in [2.05, 4.69) is 10.4 Å². The fraction of sp³-hybridized carbons (Fsp3) is 0.333. The molecule has 0 radical (unpaired) electrons. The van der Waals surface area contributed by atoms with Gasteiger partial charge in [-0.1, -0.05) is 30.3 Å². The molecule has 1 aromatic heterocycles. The van der Waals surface area contributed by atoms with E-state index < -0.39 is 12.1 Å². The minimum absolute atomic E-state index is 0.265. The van der Waals surface area contributed by atoms with Crippen LogP contribution in [0.25, 0.3) is 5.69 Å². The van der Waals surface area contributed by atoms with E-state index in [0.717, 1.165) is 28.2 Å². The summed E-state index contributed by atoms with van der Waals surface area (Å²) < 4.78 is 11.8. The molecule has 0 saturated heterocycles. The fourth-order valence-electron chi connectivity index (χ4n) is 3.76. The summed E-state index contributed by atoms with van der Waals surface area (Å²) in [6.07, 6.45) is 0.615. The van der Waals surface area contributed by atoms with Gasteiger partial charge in [-0.15, -0.1) is 0 Å². The van der Waals surface area contributed by atoms with Gasteiger partial charge in [0, 0.05) is 18.7 Å². The molecule has 0 saturated carbocycles. The summed E-state index contributed by atoms with van der Waals surface area (Å²) >= 11 is 0. The van der Waals surface area contributed by atoms with Crippen LogP contribution < -0.4 is 5.32 Å². The van der Waals surface area contributed by atoms with Gasteiger partial charge in [-0.25, -0.2) is 9.48 Å². The Kier molecular flexibility index (Phi) is 8.78. The zero-order chi connectivity index (χ0) is 25.4. The number of carbonyl (C=O) groups is 3. The third-order valence-electron chi connectivity index (χ3n) is 5.80. The van der Waals surface area contributed by atoms with Gasteiger partial charge in [-0.3, -0.25) is 9.59 Å². The molecule has 0 bridgehead atoms. The number of aryl methyl sites for hydroxylation is 1. The molecule has 0 aliphatic carbocycles. The Hall–Kier alpha value is -3.94. The fourth-order valence-corrected chi connectivity index (χ4v) is 3.76. The van der Waals surface area contributed by atoms with Gasteiger partial charge in [0.25, 0.3) is 5.91 Å². The average molecular weight is 478 g/mol. The highest BCUT2D eigenvalue weighted by molar-refractivity contribution is 5.92. The smallest absolute Gasteiger partial charge is 0.338 e. The number of carbonyl (C=O) groups excluding carboxylic acids is 3. The molecular weight excluding hydrogens is 446 g/mol. The van der Waals surface area contributed by atoms with Gasteiger partial charge in [0.1, 0.15) is 0 Å². The third kappa shape index (κ3) is 6.79. The second-order valence-corrected chi connectivity index (χ2v) is 8.26. The predicted molar refractivity (Wildman–Crippen MR) is 131 cm³/mol. The average Bonchev–Trinajstić information content (AvgIpc) is 3.15. The van der Waals surface area contributed by atoms with Crippen LogP contribution >= 0.6 is 0 Å². The number of esters is 2. The lowest BCUT2D eigenvalue weighted by Gasteiger charge is -2.14. The van der Waals surface area contributed by atoms with Gasteiger partial charge >= 0.3 is 11.9 Å². The molecule has 8 heteroatoms. The van der Waals surface area contributed by atoms with Crippen molar-refractivity contribution in [2.45, 2.75) is 46.1 Å². The Labute approximate surface area is 205 Å². The molecule has 1 unspecified atom stereocenters. The lowest BCUT2D eigenvalue weighted by molar-refractivity contribution is -0.140. The van der Waals surface area contributed by atoms with E-state index in [9.17, 15) is 14.4 Å². The van der Waals surface area contributed by atoms with E-state index in [0.29, 0.717) is 24.9 Å². The monoisotopic (exact) mass is 477 g/mol. The normalized spacial score (nSPS) is 11.5. The molecule has 1 amide bonds. The molecule has 2 aromatic carbocycles. The number of aromatic nitrogens is 2. The van der Waals surface area contributed by atoms with Gasteiger partial charge in [-0.05, 0) is 69.0 Å². The van der Waals surface area contributed by atoms with E-state index >= 15 is 0 Å². The van der Waals surface area contributed by atoms with Crippen molar-refractivity contribution in [1.29, 1.82) is 0 Å². The van der Waals surface area contributed by atoms with Crippen molar-refractivity contribution in [1.82, 2.24) is 15.1 Å². The molecule has 1 atom stereocenters. The van der Waals surface area contributed by atoms with Gasteiger partial charge in [0.05, 0.1) is 24.1 Å². The van der Waals surface area contributed by atoms with Crippen LogP contribution in [0, 0.1) is 13.8 Å². The summed E-state index contributed by atoms with van der Waals surface area (Å²) in [7, 11) is 1.37. The lowest BCUT2D eigenvalue weighted by Crippen LogP contribution is -2.36. The van der Waals surface area contributed by atoms with Crippen molar-refractivity contribution in [2.75, 3.05) is 13.7 Å². The lowest BCUT2D eigenvalue weighted by atomic mass is 10.1. The largest absolute Gasteiger partial charge is 0.469 e. The maximum atomic E-state index is 12.5. The van der Waals surface area contributed by atoms with E-state index in [1.165, 1.54) is 7.11 Å². The predicted octanol–water partition coefficient (Wildman–Crippen LogP) is 3.50. The Morgan fingerprint density at radius 1 is 1.00 bits per heavy atom. The molecule has 35 heavy (non-hydrogen) atoms. The topological polar surface area (TPSA) is 99.5 Å². The SMILES string of the molecule is COC(=O)CCc1c(C)nn(-c2ccc(C(=O)OC(C)C(=O)NCCc3ccccc3)cc2)c1C. The second-order valence-electron chi connectivity index (χ2n) is 8.26. The first kappa shape index (κ1) is 25.7. The minimum atomic E-state index is -0.911. The number of methoxy groups -OCH3 is 1. The molecule has 0 aliphatic rings. The van der Waals surface area contributed by atoms with Crippen molar-refractivity contribution >= 4 is 17.8 Å². The Balaban J connectivity index is 1.56. The summed E-state index contributed by atoms with van der Waals surface area (Å²) in [5, 5.41) is 7.37. The van der Waals surface area contributed by atoms with E-state index in [-0.39, 0.29) is 18.3 Å². The number of nitrogens with zero attached hydrogens (tertiary/aromatic N) is 2. The highest BCUT2D eigenvalue weighted by atomic mass is 16.5. The summed E-state index contributed by atoms with van der Waals surface area (Å²) in [5.74, 6) is -1.18. The molecule has 184 valence electrons. The number of benzene rings is 2. The molecule has 3 rings (SSSR count). The van der Waals surface area contributed by atoms with Crippen LogP contribution in [-0.4, -0.2) is 47.4 Å². The molecular formula is C27H31N3O5. The minimum Gasteiger partial charge on any atom is -0.469 e. The number of hydrogen-bond donors (Lipinski definition) is 1. The van der Waals surface area contributed by atoms with Crippen molar-refractivity contribution in [3.8, 4) is 5.69 Å². The highest BCUT2D eigenvalue weighted by Gasteiger charge is 2.19. The third-order valence-corrected chi connectivity index (χ3v) is 5.80. The molecule has 1 N–H and O–H groups in total. The first-order valence-electron chi connectivity index (χ1n) is 11.5. The van der Waals surface area contributed by atoms with Crippen molar-refractivity contribution in [2.24, 2.45) is 0 Å². The molecule has 0 fully saturated rings. The van der Waals surface area contributed by atoms with Gasteiger partial charge < -0.3 is 14.8 Å².